The molecule has 27 heavy (non-hydrogen) atoms. The molecule has 0 radical (unpaired) electrons. The highest BCUT2D eigenvalue weighted by Gasteiger charge is 2.35. The zero-order valence-corrected chi connectivity index (χ0v) is 16.1. The minimum atomic E-state index is -0.571. The van der Waals surface area contributed by atoms with E-state index < -0.39 is 6.04 Å². The second-order valence-electron chi connectivity index (χ2n) is 7.35. The van der Waals surface area contributed by atoms with Crippen molar-refractivity contribution in [1.82, 2.24) is 16.0 Å². The molecule has 3 rings (SSSR count). The largest absolute Gasteiger partial charge is 0.454 e. The second-order valence-corrected chi connectivity index (χ2v) is 7.35. The van der Waals surface area contributed by atoms with Gasteiger partial charge < -0.3 is 25.4 Å². The van der Waals surface area contributed by atoms with Crippen molar-refractivity contribution < 1.29 is 19.1 Å². The summed E-state index contributed by atoms with van der Waals surface area (Å²) in [7, 11) is 0. The molecule has 1 fully saturated rings. The Hall–Kier alpha value is -2.44. The average molecular weight is 375 g/mol. The van der Waals surface area contributed by atoms with Gasteiger partial charge in [-0.05, 0) is 44.4 Å². The fraction of sp³-hybridized carbons (Fsp3) is 0.600. The van der Waals surface area contributed by atoms with Crippen molar-refractivity contribution in [2.75, 3.05) is 19.9 Å². The average Bonchev–Trinajstić information content (AvgIpc) is 3.15. The molecule has 1 saturated carbocycles. The molecule has 0 unspecified atom stereocenters. The van der Waals surface area contributed by atoms with Crippen LogP contribution >= 0.6 is 0 Å². The topological polar surface area (TPSA) is 88.7 Å². The normalized spacial score (nSPS) is 18.4. The van der Waals surface area contributed by atoms with E-state index in [1.54, 1.807) is 6.92 Å². The third kappa shape index (κ3) is 4.46. The van der Waals surface area contributed by atoms with E-state index in [-0.39, 0.29) is 24.1 Å². The van der Waals surface area contributed by atoms with Crippen LogP contribution in [0.5, 0.6) is 11.5 Å². The molecule has 1 atom stereocenters. The first kappa shape index (κ1) is 19.3. The number of hydrogen-bond donors (Lipinski definition) is 3. The highest BCUT2D eigenvalue weighted by atomic mass is 16.7. The van der Waals surface area contributed by atoms with Crippen LogP contribution in [0.4, 0.5) is 4.79 Å². The maximum atomic E-state index is 12.3. The van der Waals surface area contributed by atoms with Crippen molar-refractivity contribution in [1.29, 1.82) is 0 Å². The molecule has 0 aromatic heterocycles. The third-order valence-electron chi connectivity index (χ3n) is 5.47. The summed E-state index contributed by atoms with van der Waals surface area (Å²) in [5.74, 6) is 1.36. The van der Waals surface area contributed by atoms with Crippen molar-refractivity contribution in [3.63, 3.8) is 0 Å². The fourth-order valence-corrected chi connectivity index (χ4v) is 3.91. The molecule has 7 nitrogen and oxygen atoms in total. The Bertz CT molecular complexity index is 686. The fourth-order valence-electron chi connectivity index (χ4n) is 3.91. The van der Waals surface area contributed by atoms with Crippen molar-refractivity contribution in [2.45, 2.75) is 57.4 Å². The van der Waals surface area contributed by atoms with Gasteiger partial charge >= 0.3 is 6.03 Å². The molecule has 1 aromatic carbocycles. The van der Waals surface area contributed by atoms with E-state index in [4.69, 9.17) is 9.47 Å². The molecular weight excluding hydrogens is 346 g/mol. The number of amides is 3. The van der Waals surface area contributed by atoms with Crippen molar-refractivity contribution >= 4 is 11.9 Å². The Labute approximate surface area is 160 Å². The number of fused-ring (bicyclic) bond motifs is 1. The predicted molar refractivity (Wildman–Crippen MR) is 102 cm³/mol. The molecule has 3 N–H and O–H groups in total. The van der Waals surface area contributed by atoms with Crippen LogP contribution in [0.25, 0.3) is 0 Å². The van der Waals surface area contributed by atoms with Crippen molar-refractivity contribution in [3.8, 4) is 11.5 Å². The summed E-state index contributed by atoms with van der Waals surface area (Å²) in [6, 6.07) is 5.18. The second kappa shape index (κ2) is 8.50. The van der Waals surface area contributed by atoms with Crippen LogP contribution in [0, 0.1) is 0 Å². The first-order chi connectivity index (χ1) is 13.0. The highest BCUT2D eigenvalue weighted by Crippen LogP contribution is 2.43. The molecule has 0 spiro atoms. The van der Waals surface area contributed by atoms with Crippen molar-refractivity contribution in [2.24, 2.45) is 0 Å². The number of carbonyl (C=O) groups is 2. The van der Waals surface area contributed by atoms with Gasteiger partial charge in [-0.3, -0.25) is 4.79 Å². The van der Waals surface area contributed by atoms with Crippen LogP contribution in [0.3, 0.4) is 0 Å². The van der Waals surface area contributed by atoms with Crippen LogP contribution in [0.2, 0.25) is 0 Å². The first-order valence-electron chi connectivity index (χ1n) is 9.76. The molecule has 3 amide bonds. The van der Waals surface area contributed by atoms with Crippen molar-refractivity contribution in [3.05, 3.63) is 23.8 Å². The Balaban J connectivity index is 1.67. The summed E-state index contributed by atoms with van der Waals surface area (Å²) in [6.07, 6.45) is 5.50. The summed E-state index contributed by atoms with van der Waals surface area (Å²) in [5, 5.41) is 8.40. The van der Waals surface area contributed by atoms with E-state index in [9.17, 15) is 9.59 Å². The number of likely N-dealkylation sites (N-methyl/N-ethyl adjacent to an activating group) is 1. The van der Waals surface area contributed by atoms with Gasteiger partial charge in [0.05, 0.1) is 0 Å². The SMILES string of the molecule is CCNC(=O)[C@@H](C)NC(=O)NCC1(c2ccc3c(c2)OCO3)CCCCC1. The molecular formula is C20H29N3O4. The Morgan fingerprint density at radius 1 is 1.11 bits per heavy atom. The van der Waals surface area contributed by atoms with E-state index in [1.165, 1.54) is 12.0 Å². The Morgan fingerprint density at radius 3 is 2.59 bits per heavy atom. The standard InChI is InChI=1S/C20H29N3O4/c1-3-21-18(24)14(2)23-19(25)22-12-20(9-5-4-6-10-20)15-7-8-16-17(11-15)27-13-26-16/h7-8,11,14H,3-6,9-10,12-13H2,1-2H3,(H,21,24)(H2,22,23,25)/t14-/m1/s1. The van der Waals surface area contributed by atoms with E-state index in [0.717, 1.165) is 37.2 Å². The van der Waals surface area contributed by atoms with Gasteiger partial charge in [-0.15, -0.1) is 0 Å². The summed E-state index contributed by atoms with van der Waals surface area (Å²) in [6.45, 7) is 4.85. The van der Waals surface area contributed by atoms with Crippen LogP contribution in [0.1, 0.15) is 51.5 Å². The minimum absolute atomic E-state index is 0.120. The summed E-state index contributed by atoms with van der Waals surface area (Å²) < 4.78 is 11.0. The van der Waals surface area contributed by atoms with E-state index in [1.807, 2.05) is 19.1 Å². The van der Waals surface area contributed by atoms with Crippen LogP contribution in [-0.4, -0.2) is 37.9 Å². The Morgan fingerprint density at radius 2 is 1.85 bits per heavy atom. The third-order valence-corrected chi connectivity index (χ3v) is 5.47. The number of carbonyl (C=O) groups excluding carboxylic acids is 2. The van der Waals surface area contributed by atoms with Crippen LogP contribution in [0.15, 0.2) is 18.2 Å². The maximum absolute atomic E-state index is 12.3. The summed E-state index contributed by atoms with van der Waals surface area (Å²) in [4.78, 5) is 24.1. The molecule has 1 aliphatic carbocycles. The van der Waals surface area contributed by atoms with E-state index >= 15 is 0 Å². The summed E-state index contributed by atoms with van der Waals surface area (Å²) in [5.41, 5.74) is 1.05. The number of urea groups is 1. The molecule has 1 aromatic rings. The number of ether oxygens (including phenoxy) is 2. The molecule has 2 aliphatic rings. The lowest BCUT2D eigenvalue weighted by Gasteiger charge is -2.38. The van der Waals surface area contributed by atoms with E-state index in [0.29, 0.717) is 13.1 Å². The van der Waals surface area contributed by atoms with Crippen LogP contribution < -0.4 is 25.4 Å². The quantitative estimate of drug-likeness (QED) is 0.713. The van der Waals surface area contributed by atoms with Gasteiger partial charge in [0.15, 0.2) is 11.5 Å². The van der Waals surface area contributed by atoms with Gasteiger partial charge in [-0.1, -0.05) is 25.3 Å². The minimum Gasteiger partial charge on any atom is -0.454 e. The van der Waals surface area contributed by atoms with Gasteiger partial charge in [0.2, 0.25) is 12.7 Å². The molecule has 0 saturated heterocycles. The monoisotopic (exact) mass is 375 g/mol. The lowest BCUT2D eigenvalue weighted by atomic mass is 9.69. The van der Waals surface area contributed by atoms with Gasteiger partial charge in [-0.25, -0.2) is 4.79 Å². The zero-order chi connectivity index (χ0) is 19.3. The van der Waals surface area contributed by atoms with Gasteiger partial charge in [0.25, 0.3) is 0 Å². The smallest absolute Gasteiger partial charge is 0.315 e. The molecule has 7 heteroatoms. The van der Waals surface area contributed by atoms with Gasteiger partial charge in [0, 0.05) is 18.5 Å². The first-order valence-corrected chi connectivity index (χ1v) is 9.76. The predicted octanol–water partition coefficient (Wildman–Crippen LogP) is 2.44. The van der Waals surface area contributed by atoms with Gasteiger partial charge in [-0.2, -0.15) is 0 Å². The summed E-state index contributed by atoms with van der Waals surface area (Å²) >= 11 is 0. The maximum Gasteiger partial charge on any atom is 0.315 e. The Kier molecular flexibility index (Phi) is 6.08. The lowest BCUT2D eigenvalue weighted by molar-refractivity contribution is -0.122. The molecule has 1 heterocycles. The number of benzene rings is 1. The molecule has 148 valence electrons. The molecule has 0 bridgehead atoms. The number of rotatable bonds is 6. The number of nitrogens with one attached hydrogen (secondary N) is 3. The van der Waals surface area contributed by atoms with Gasteiger partial charge in [0.1, 0.15) is 6.04 Å². The highest BCUT2D eigenvalue weighted by molar-refractivity contribution is 5.86. The lowest BCUT2D eigenvalue weighted by Crippen LogP contribution is -2.51. The molecule has 1 aliphatic heterocycles. The van der Waals surface area contributed by atoms with E-state index in [2.05, 4.69) is 22.0 Å². The zero-order valence-electron chi connectivity index (χ0n) is 16.1. The number of hydrogen-bond acceptors (Lipinski definition) is 4. The van der Waals surface area contributed by atoms with Crippen LogP contribution in [-0.2, 0) is 10.2 Å².